The predicted octanol–water partition coefficient (Wildman–Crippen LogP) is 4.95. The van der Waals surface area contributed by atoms with E-state index >= 15 is 0 Å². The van der Waals surface area contributed by atoms with Crippen LogP contribution >= 0.6 is 34.8 Å². The topological polar surface area (TPSA) is 49.4 Å². The van der Waals surface area contributed by atoms with Gasteiger partial charge in [-0.15, -0.1) is 0 Å². The monoisotopic (exact) mass is 384 g/mol. The molecule has 0 saturated heterocycles. The Morgan fingerprint density at radius 2 is 1.67 bits per heavy atom. The molecule has 4 nitrogen and oxygen atoms in total. The lowest BCUT2D eigenvalue weighted by Gasteiger charge is -2.21. The molecule has 0 saturated carbocycles. The van der Waals surface area contributed by atoms with Crippen LogP contribution in [0.15, 0.2) is 36.4 Å². The summed E-state index contributed by atoms with van der Waals surface area (Å²) in [7, 11) is 0. The fourth-order valence-electron chi connectivity index (χ4n) is 2.09. The van der Waals surface area contributed by atoms with Crippen molar-refractivity contribution in [2.24, 2.45) is 0 Å². The Kier molecular flexibility index (Phi) is 6.10. The first-order chi connectivity index (χ1) is 11.3. The lowest BCUT2D eigenvalue weighted by Crippen LogP contribution is -2.36. The van der Waals surface area contributed by atoms with Gasteiger partial charge in [-0.1, -0.05) is 40.9 Å². The molecular formula is C17H15Cl3N2O2. The van der Waals surface area contributed by atoms with Gasteiger partial charge in [-0.2, -0.15) is 0 Å². The zero-order chi connectivity index (χ0) is 17.9. The van der Waals surface area contributed by atoms with Crippen LogP contribution in [0.1, 0.15) is 12.5 Å². The number of carbonyl (C=O) groups excluding carboxylic acids is 2. The van der Waals surface area contributed by atoms with Gasteiger partial charge in [0.2, 0.25) is 11.8 Å². The summed E-state index contributed by atoms with van der Waals surface area (Å²) in [4.78, 5) is 25.4. The summed E-state index contributed by atoms with van der Waals surface area (Å²) in [5, 5.41) is 4.03. The summed E-state index contributed by atoms with van der Waals surface area (Å²) in [6.45, 7) is 3.07. The van der Waals surface area contributed by atoms with Gasteiger partial charge in [0, 0.05) is 33.4 Å². The minimum absolute atomic E-state index is 0.169. The van der Waals surface area contributed by atoms with E-state index in [2.05, 4.69) is 5.32 Å². The van der Waals surface area contributed by atoms with Crippen LogP contribution in [0.25, 0.3) is 0 Å². The number of benzene rings is 2. The number of anilines is 2. The van der Waals surface area contributed by atoms with E-state index in [-0.39, 0.29) is 18.4 Å². The van der Waals surface area contributed by atoms with Crippen LogP contribution in [0, 0.1) is 6.92 Å². The highest BCUT2D eigenvalue weighted by atomic mass is 35.5. The van der Waals surface area contributed by atoms with Gasteiger partial charge in [0.05, 0.1) is 0 Å². The van der Waals surface area contributed by atoms with E-state index in [1.165, 1.54) is 11.8 Å². The highest BCUT2D eigenvalue weighted by Crippen LogP contribution is 2.26. The SMILES string of the molecule is CC(=O)N(CC(=O)Nc1ccc(C)c(Cl)c1)c1cc(Cl)cc(Cl)c1. The molecule has 2 aromatic rings. The third-order valence-electron chi connectivity index (χ3n) is 3.30. The molecule has 2 aromatic carbocycles. The van der Waals surface area contributed by atoms with E-state index in [1.807, 2.05) is 6.92 Å². The normalized spacial score (nSPS) is 10.4. The zero-order valence-electron chi connectivity index (χ0n) is 13.1. The first kappa shape index (κ1) is 18.6. The molecule has 0 aliphatic heterocycles. The molecule has 2 rings (SSSR count). The van der Waals surface area contributed by atoms with Gasteiger partial charge in [0.1, 0.15) is 6.54 Å². The molecule has 0 radical (unpaired) electrons. The number of amides is 2. The molecule has 24 heavy (non-hydrogen) atoms. The Bertz CT molecular complexity index is 773. The van der Waals surface area contributed by atoms with Crippen LogP contribution in [-0.2, 0) is 9.59 Å². The standard InChI is InChI=1S/C17H15Cl3N2O2/c1-10-3-4-14(8-16(10)20)21-17(24)9-22(11(2)23)15-6-12(18)5-13(19)7-15/h3-8H,9H2,1-2H3,(H,21,24). The first-order valence-electron chi connectivity index (χ1n) is 7.06. The molecule has 0 heterocycles. The van der Waals surface area contributed by atoms with E-state index in [1.54, 1.807) is 36.4 Å². The number of halogens is 3. The van der Waals surface area contributed by atoms with Crippen molar-refractivity contribution in [1.82, 2.24) is 0 Å². The van der Waals surface area contributed by atoms with Crippen LogP contribution in [0.3, 0.4) is 0 Å². The summed E-state index contributed by atoms with van der Waals surface area (Å²) in [6.07, 6.45) is 0. The fourth-order valence-corrected chi connectivity index (χ4v) is 2.79. The van der Waals surface area contributed by atoms with Crippen LogP contribution < -0.4 is 10.2 Å². The quantitative estimate of drug-likeness (QED) is 0.810. The minimum Gasteiger partial charge on any atom is -0.324 e. The number of nitrogens with one attached hydrogen (secondary N) is 1. The average molecular weight is 386 g/mol. The predicted molar refractivity (Wildman–Crippen MR) is 99.3 cm³/mol. The Labute approximate surface area is 155 Å². The molecule has 0 unspecified atom stereocenters. The number of aryl methyl sites for hydroxylation is 1. The van der Waals surface area contributed by atoms with Crippen LogP contribution in [-0.4, -0.2) is 18.4 Å². The van der Waals surface area contributed by atoms with Crippen molar-refractivity contribution in [2.45, 2.75) is 13.8 Å². The Balaban J connectivity index is 2.16. The maximum absolute atomic E-state index is 12.3. The fraction of sp³-hybridized carbons (Fsp3) is 0.176. The van der Waals surface area contributed by atoms with Gasteiger partial charge in [-0.05, 0) is 42.8 Å². The van der Waals surface area contributed by atoms with Crippen molar-refractivity contribution in [3.05, 3.63) is 57.0 Å². The van der Waals surface area contributed by atoms with Gasteiger partial charge in [-0.25, -0.2) is 0 Å². The molecule has 126 valence electrons. The third-order valence-corrected chi connectivity index (χ3v) is 4.14. The molecule has 0 fully saturated rings. The van der Waals surface area contributed by atoms with Crippen molar-refractivity contribution in [3.63, 3.8) is 0 Å². The highest BCUT2D eigenvalue weighted by molar-refractivity contribution is 6.35. The van der Waals surface area contributed by atoms with Gasteiger partial charge >= 0.3 is 0 Å². The van der Waals surface area contributed by atoms with Crippen molar-refractivity contribution >= 4 is 58.0 Å². The molecule has 2 amide bonds. The van der Waals surface area contributed by atoms with E-state index in [0.717, 1.165) is 5.56 Å². The molecule has 0 aliphatic rings. The Morgan fingerprint density at radius 1 is 1.04 bits per heavy atom. The van der Waals surface area contributed by atoms with Crippen molar-refractivity contribution in [3.8, 4) is 0 Å². The maximum Gasteiger partial charge on any atom is 0.244 e. The van der Waals surface area contributed by atoms with Gasteiger partial charge in [0.25, 0.3) is 0 Å². The summed E-state index contributed by atoms with van der Waals surface area (Å²) >= 11 is 18.0. The van der Waals surface area contributed by atoms with Crippen molar-refractivity contribution < 1.29 is 9.59 Å². The van der Waals surface area contributed by atoms with E-state index in [4.69, 9.17) is 34.8 Å². The first-order valence-corrected chi connectivity index (χ1v) is 8.20. The lowest BCUT2D eigenvalue weighted by molar-refractivity contribution is -0.120. The Hall–Kier alpha value is -1.75. The summed E-state index contributed by atoms with van der Waals surface area (Å²) in [5.41, 5.74) is 1.92. The number of hydrogen-bond acceptors (Lipinski definition) is 2. The summed E-state index contributed by atoms with van der Waals surface area (Å²) < 4.78 is 0. The highest BCUT2D eigenvalue weighted by Gasteiger charge is 2.17. The molecule has 0 spiro atoms. The average Bonchev–Trinajstić information content (AvgIpc) is 2.47. The van der Waals surface area contributed by atoms with Gasteiger partial charge in [0.15, 0.2) is 0 Å². The molecule has 1 N–H and O–H groups in total. The smallest absolute Gasteiger partial charge is 0.244 e. The summed E-state index contributed by atoms with van der Waals surface area (Å²) in [6, 6.07) is 9.91. The number of nitrogens with zero attached hydrogens (tertiary/aromatic N) is 1. The molecule has 0 aliphatic carbocycles. The maximum atomic E-state index is 12.3. The third kappa shape index (κ3) is 4.87. The number of rotatable bonds is 4. The minimum atomic E-state index is -0.360. The largest absolute Gasteiger partial charge is 0.324 e. The van der Waals surface area contributed by atoms with Crippen molar-refractivity contribution in [2.75, 3.05) is 16.8 Å². The number of carbonyl (C=O) groups is 2. The van der Waals surface area contributed by atoms with Gasteiger partial charge < -0.3 is 10.2 Å². The van der Waals surface area contributed by atoms with Gasteiger partial charge in [-0.3, -0.25) is 9.59 Å². The lowest BCUT2D eigenvalue weighted by atomic mass is 10.2. The molecule has 0 aromatic heterocycles. The van der Waals surface area contributed by atoms with E-state index in [0.29, 0.717) is 26.4 Å². The second kappa shape index (κ2) is 7.88. The Morgan fingerprint density at radius 3 is 2.21 bits per heavy atom. The van der Waals surface area contributed by atoms with E-state index < -0.39 is 0 Å². The van der Waals surface area contributed by atoms with Crippen LogP contribution in [0.4, 0.5) is 11.4 Å². The zero-order valence-corrected chi connectivity index (χ0v) is 15.3. The second-order valence-electron chi connectivity index (χ2n) is 5.24. The van der Waals surface area contributed by atoms with Crippen LogP contribution in [0.2, 0.25) is 15.1 Å². The second-order valence-corrected chi connectivity index (χ2v) is 6.53. The van der Waals surface area contributed by atoms with E-state index in [9.17, 15) is 9.59 Å². The van der Waals surface area contributed by atoms with Crippen LogP contribution in [0.5, 0.6) is 0 Å². The molecule has 0 bridgehead atoms. The molecule has 7 heteroatoms. The molecule has 0 atom stereocenters. The number of hydrogen-bond donors (Lipinski definition) is 1. The molecular weight excluding hydrogens is 371 g/mol. The summed E-state index contributed by atoms with van der Waals surface area (Å²) in [5.74, 6) is -0.661. The van der Waals surface area contributed by atoms with Crippen molar-refractivity contribution in [1.29, 1.82) is 0 Å².